The van der Waals surface area contributed by atoms with Gasteiger partial charge in [-0.15, -0.1) is 0 Å². The second-order valence-corrected chi connectivity index (χ2v) is 6.51. The number of hydrogen-bond donors (Lipinski definition) is 1. The van der Waals surface area contributed by atoms with E-state index in [-0.39, 0.29) is 5.91 Å². The van der Waals surface area contributed by atoms with Gasteiger partial charge in [0.15, 0.2) is 0 Å². The first kappa shape index (κ1) is 16.7. The van der Waals surface area contributed by atoms with Crippen molar-refractivity contribution in [2.45, 2.75) is 19.8 Å². The number of benzene rings is 1. The fourth-order valence-electron chi connectivity index (χ4n) is 3.31. The van der Waals surface area contributed by atoms with Gasteiger partial charge in [-0.25, -0.2) is 0 Å². The molecule has 1 amide bonds. The Labute approximate surface area is 143 Å². The zero-order valence-corrected chi connectivity index (χ0v) is 14.1. The van der Waals surface area contributed by atoms with Gasteiger partial charge in [-0.3, -0.25) is 9.69 Å². The fraction of sp³-hybridized carbons (Fsp3) is 0.421. The number of amides is 1. The largest absolute Gasteiger partial charge is 0.758 e. The van der Waals surface area contributed by atoms with Crippen molar-refractivity contribution in [3.05, 3.63) is 64.5 Å². The molecule has 1 fully saturated rings. The number of nitrogens with zero attached hydrogens (tertiary/aromatic N) is 2. The topological polar surface area (TPSA) is 58.6 Å². The highest BCUT2D eigenvalue weighted by molar-refractivity contribution is 5.94. The minimum Gasteiger partial charge on any atom is -0.758 e. The Morgan fingerprint density at radius 3 is 2.83 bits per heavy atom. The minimum absolute atomic E-state index is 0.0355. The SMILES string of the molecule is Cc1cccc(C(=O)NCN2CCC(C3=CC=CCN3[O-])CC2)c1. The predicted molar refractivity (Wildman–Crippen MR) is 95.1 cm³/mol. The van der Waals surface area contributed by atoms with E-state index in [4.69, 9.17) is 0 Å². The van der Waals surface area contributed by atoms with Crippen molar-refractivity contribution in [1.29, 1.82) is 0 Å². The van der Waals surface area contributed by atoms with Gasteiger partial charge in [-0.2, -0.15) is 0 Å². The highest BCUT2D eigenvalue weighted by Gasteiger charge is 2.23. The first-order valence-electron chi connectivity index (χ1n) is 8.52. The minimum atomic E-state index is -0.0355. The number of carbonyl (C=O) groups excluding carboxylic acids is 1. The molecule has 2 heterocycles. The summed E-state index contributed by atoms with van der Waals surface area (Å²) in [5.41, 5.74) is 2.69. The summed E-state index contributed by atoms with van der Waals surface area (Å²) in [6.45, 7) is 4.79. The Bertz CT molecular complexity index is 646. The summed E-state index contributed by atoms with van der Waals surface area (Å²) < 4.78 is 0. The standard InChI is InChI=1S/C19H24N3O2/c1-15-5-4-6-17(13-15)19(23)20-14-21-11-8-16(9-12-21)18-7-2-3-10-22(18)24/h2-7,13,16H,8-12,14H2,1H3,(H,20,23)/q-1. The highest BCUT2D eigenvalue weighted by atomic mass is 16.5. The maximum absolute atomic E-state index is 12.2. The molecule has 0 aliphatic carbocycles. The Morgan fingerprint density at radius 1 is 1.33 bits per heavy atom. The molecular formula is C19H24N3O2-. The maximum atomic E-state index is 12.2. The van der Waals surface area contributed by atoms with Gasteiger partial charge in [0.05, 0.1) is 6.67 Å². The number of nitrogens with one attached hydrogen (secondary N) is 1. The molecule has 1 saturated heterocycles. The van der Waals surface area contributed by atoms with Crippen LogP contribution in [0.3, 0.4) is 0 Å². The van der Waals surface area contributed by atoms with Gasteiger partial charge in [0.2, 0.25) is 0 Å². The van der Waals surface area contributed by atoms with E-state index in [2.05, 4.69) is 10.2 Å². The van der Waals surface area contributed by atoms with Crippen molar-refractivity contribution in [3.8, 4) is 0 Å². The summed E-state index contributed by atoms with van der Waals surface area (Å²) in [6.07, 6.45) is 7.71. The van der Waals surface area contributed by atoms with E-state index in [1.165, 1.54) is 0 Å². The van der Waals surface area contributed by atoms with Crippen LogP contribution in [0.2, 0.25) is 0 Å². The summed E-state index contributed by atoms with van der Waals surface area (Å²) in [5, 5.41) is 16.0. The zero-order valence-electron chi connectivity index (χ0n) is 14.1. The Morgan fingerprint density at radius 2 is 2.12 bits per heavy atom. The molecule has 5 heteroatoms. The highest BCUT2D eigenvalue weighted by Crippen LogP contribution is 2.27. The molecule has 1 aromatic carbocycles. The second kappa shape index (κ2) is 7.64. The second-order valence-electron chi connectivity index (χ2n) is 6.51. The summed E-state index contributed by atoms with van der Waals surface area (Å²) in [5.74, 6) is 0.294. The number of allylic oxidation sites excluding steroid dienone is 3. The van der Waals surface area contributed by atoms with E-state index in [0.717, 1.165) is 42.3 Å². The zero-order chi connectivity index (χ0) is 16.9. The Kier molecular flexibility index (Phi) is 5.33. The maximum Gasteiger partial charge on any atom is 0.252 e. The third-order valence-corrected chi connectivity index (χ3v) is 4.71. The lowest BCUT2D eigenvalue weighted by atomic mass is 9.92. The van der Waals surface area contributed by atoms with Gasteiger partial charge >= 0.3 is 0 Å². The lowest BCUT2D eigenvalue weighted by Crippen LogP contribution is -2.43. The molecule has 5 nitrogen and oxygen atoms in total. The molecule has 3 rings (SSSR count). The van der Waals surface area contributed by atoms with Crippen molar-refractivity contribution in [1.82, 2.24) is 15.3 Å². The third kappa shape index (κ3) is 4.04. The fourth-order valence-corrected chi connectivity index (χ4v) is 3.31. The first-order chi connectivity index (χ1) is 11.6. The number of likely N-dealkylation sites (tertiary alicyclic amines) is 1. The van der Waals surface area contributed by atoms with Crippen molar-refractivity contribution < 1.29 is 4.79 Å². The number of hydroxylamine groups is 2. The van der Waals surface area contributed by atoms with E-state index in [1.54, 1.807) is 0 Å². The molecule has 2 aliphatic rings. The van der Waals surface area contributed by atoms with E-state index in [1.807, 2.05) is 49.4 Å². The van der Waals surface area contributed by atoms with Crippen LogP contribution in [0, 0.1) is 18.0 Å². The molecule has 128 valence electrons. The molecular weight excluding hydrogens is 302 g/mol. The number of rotatable bonds is 4. The summed E-state index contributed by atoms with van der Waals surface area (Å²) >= 11 is 0. The van der Waals surface area contributed by atoms with E-state index in [9.17, 15) is 10.0 Å². The number of aryl methyl sites for hydroxylation is 1. The van der Waals surface area contributed by atoms with Crippen LogP contribution in [-0.4, -0.2) is 42.2 Å². The lowest BCUT2D eigenvalue weighted by molar-refractivity contribution is 0.0904. The first-order valence-corrected chi connectivity index (χ1v) is 8.52. The van der Waals surface area contributed by atoms with Gasteiger partial charge < -0.3 is 15.6 Å². The van der Waals surface area contributed by atoms with E-state index < -0.39 is 0 Å². The summed E-state index contributed by atoms with van der Waals surface area (Å²) in [7, 11) is 0. The van der Waals surface area contributed by atoms with Gasteiger partial charge in [0, 0.05) is 36.8 Å². The molecule has 0 radical (unpaired) electrons. The normalized spacial score (nSPS) is 19.2. The quantitative estimate of drug-likeness (QED) is 0.924. The van der Waals surface area contributed by atoms with Crippen molar-refractivity contribution in [2.24, 2.45) is 5.92 Å². The molecule has 0 unspecified atom stereocenters. The molecule has 1 N–H and O–H groups in total. The van der Waals surface area contributed by atoms with E-state index >= 15 is 0 Å². The average molecular weight is 326 g/mol. The lowest BCUT2D eigenvalue weighted by Gasteiger charge is -2.41. The van der Waals surface area contributed by atoms with Crippen molar-refractivity contribution in [2.75, 3.05) is 26.3 Å². The van der Waals surface area contributed by atoms with Gasteiger partial charge in [0.1, 0.15) is 0 Å². The van der Waals surface area contributed by atoms with Crippen LogP contribution in [0.5, 0.6) is 0 Å². The monoisotopic (exact) mass is 326 g/mol. The molecule has 0 spiro atoms. The Hall–Kier alpha value is -2.11. The van der Waals surface area contributed by atoms with Crippen LogP contribution in [0.25, 0.3) is 0 Å². The molecule has 24 heavy (non-hydrogen) atoms. The predicted octanol–water partition coefficient (Wildman–Crippen LogP) is 2.65. The van der Waals surface area contributed by atoms with Crippen molar-refractivity contribution in [3.63, 3.8) is 0 Å². The number of piperidine rings is 1. The van der Waals surface area contributed by atoms with Gasteiger partial charge in [-0.1, -0.05) is 29.8 Å². The van der Waals surface area contributed by atoms with Gasteiger partial charge in [0.25, 0.3) is 5.91 Å². The molecule has 1 aromatic rings. The van der Waals surface area contributed by atoms with Crippen molar-refractivity contribution >= 4 is 5.91 Å². The van der Waals surface area contributed by atoms with E-state index in [0.29, 0.717) is 24.7 Å². The Balaban J connectivity index is 1.46. The molecule has 2 aliphatic heterocycles. The molecule has 0 bridgehead atoms. The average Bonchev–Trinajstić information content (AvgIpc) is 2.61. The van der Waals surface area contributed by atoms with Crippen LogP contribution in [0.1, 0.15) is 28.8 Å². The smallest absolute Gasteiger partial charge is 0.252 e. The third-order valence-electron chi connectivity index (χ3n) is 4.71. The summed E-state index contributed by atoms with van der Waals surface area (Å²) in [6, 6.07) is 7.61. The number of carbonyl (C=O) groups is 1. The van der Waals surface area contributed by atoms with Crippen LogP contribution >= 0.6 is 0 Å². The number of hydrogen-bond acceptors (Lipinski definition) is 4. The van der Waals surface area contributed by atoms with Crippen LogP contribution < -0.4 is 5.32 Å². The molecule has 0 aromatic heterocycles. The molecule has 0 saturated carbocycles. The van der Waals surface area contributed by atoms with Gasteiger partial charge in [-0.05, 0) is 38.0 Å². The molecule has 0 atom stereocenters. The summed E-state index contributed by atoms with van der Waals surface area (Å²) in [4.78, 5) is 14.4. The van der Waals surface area contributed by atoms with Crippen LogP contribution in [0.15, 0.2) is 48.2 Å². The van der Waals surface area contributed by atoms with Crippen LogP contribution in [-0.2, 0) is 0 Å². The van der Waals surface area contributed by atoms with Crippen LogP contribution in [0.4, 0.5) is 0 Å².